The van der Waals surface area contributed by atoms with Gasteiger partial charge in [-0.2, -0.15) is 0 Å². The number of piperidine rings is 1. The van der Waals surface area contributed by atoms with Crippen molar-refractivity contribution < 1.29 is 0 Å². The Morgan fingerprint density at radius 2 is 0.692 bits per heavy atom. The van der Waals surface area contributed by atoms with Crippen LogP contribution in [0.15, 0.2) is 170 Å². The van der Waals surface area contributed by atoms with E-state index < -0.39 is 0 Å². The minimum Gasteiger partial charge on any atom is -0.306 e. The van der Waals surface area contributed by atoms with E-state index in [-0.39, 0.29) is 32.5 Å². The van der Waals surface area contributed by atoms with Crippen LogP contribution in [0.25, 0.3) is 44.5 Å². The number of aromatic nitrogens is 1. The van der Waals surface area contributed by atoms with E-state index in [0.29, 0.717) is 0 Å². The van der Waals surface area contributed by atoms with E-state index in [1.165, 1.54) is 72.3 Å². The van der Waals surface area contributed by atoms with Gasteiger partial charge in [0.2, 0.25) is 0 Å². The number of hydrogen-bond acceptors (Lipinski definition) is 2. The molecule has 0 radical (unpaired) electrons. The maximum absolute atomic E-state index is 4.29. The number of pyridine rings is 1. The first-order chi connectivity index (χ1) is 30.7. The summed E-state index contributed by atoms with van der Waals surface area (Å²) in [5, 5.41) is 0. The molecule has 334 valence electrons. The summed E-state index contributed by atoms with van der Waals surface area (Å²) < 4.78 is 0. The molecule has 65 heavy (non-hydrogen) atoms. The zero-order valence-electron chi connectivity index (χ0n) is 41.4. The minimum absolute atomic E-state index is 0.0156. The third kappa shape index (κ3) is 8.56. The summed E-state index contributed by atoms with van der Waals surface area (Å²) >= 11 is 0. The van der Waals surface area contributed by atoms with Gasteiger partial charge in [-0.05, 0) is 139 Å². The molecule has 1 unspecified atom stereocenters. The van der Waals surface area contributed by atoms with Gasteiger partial charge in [-0.25, -0.2) is 0 Å². The normalized spacial score (nSPS) is 15.9. The number of rotatable bonds is 10. The molecule has 1 atom stereocenters. The van der Waals surface area contributed by atoms with E-state index in [9.17, 15) is 0 Å². The number of hydrogen-bond donors (Lipinski definition) is 0. The average Bonchev–Trinajstić information content (AvgIpc) is 3.31. The van der Waals surface area contributed by atoms with Crippen LogP contribution in [0.4, 0.5) is 0 Å². The van der Waals surface area contributed by atoms with Gasteiger partial charge >= 0.3 is 0 Å². The molecule has 1 fully saturated rings. The largest absolute Gasteiger partial charge is 0.306 e. The molecule has 0 amide bonds. The third-order valence-electron chi connectivity index (χ3n) is 16.7. The Bertz CT molecular complexity index is 2660. The molecule has 1 saturated heterocycles. The summed E-state index contributed by atoms with van der Waals surface area (Å²) in [6.45, 7) is 28.4. The molecule has 1 aromatic heterocycles. The Morgan fingerprint density at radius 1 is 0.385 bits per heavy atom. The summed E-state index contributed by atoms with van der Waals surface area (Å²) in [6, 6.07) is 59.9. The van der Waals surface area contributed by atoms with E-state index >= 15 is 0 Å². The maximum Gasteiger partial charge on any atom is 0.0270 e. The Balaban J connectivity index is 1.00. The van der Waals surface area contributed by atoms with Crippen LogP contribution >= 0.6 is 0 Å². The van der Waals surface area contributed by atoms with Gasteiger partial charge in [0.1, 0.15) is 0 Å². The fourth-order valence-corrected chi connectivity index (χ4v) is 10.9. The van der Waals surface area contributed by atoms with Crippen LogP contribution in [0.3, 0.4) is 0 Å². The molecule has 6 aromatic carbocycles. The lowest BCUT2D eigenvalue weighted by molar-refractivity contribution is 0.0172. The van der Waals surface area contributed by atoms with Crippen molar-refractivity contribution in [1.82, 2.24) is 9.88 Å². The van der Waals surface area contributed by atoms with Crippen molar-refractivity contribution in [2.24, 2.45) is 10.8 Å². The first kappa shape index (κ1) is 46.0. The van der Waals surface area contributed by atoms with E-state index in [2.05, 4.69) is 251 Å². The Kier molecular flexibility index (Phi) is 12.3. The van der Waals surface area contributed by atoms with Crippen molar-refractivity contribution in [3.8, 4) is 44.5 Å². The summed E-state index contributed by atoms with van der Waals surface area (Å²) in [6.07, 6.45) is 6.09. The van der Waals surface area contributed by atoms with Crippen LogP contribution in [-0.2, 0) is 21.7 Å². The molecule has 8 rings (SSSR count). The van der Waals surface area contributed by atoms with E-state index in [1.54, 1.807) is 0 Å². The van der Waals surface area contributed by atoms with Crippen LogP contribution in [0, 0.1) is 10.8 Å². The number of likely N-dealkylation sites (tertiary alicyclic amines) is 1. The first-order valence-electron chi connectivity index (χ1n) is 24.0. The SMILES string of the molecule is CN1CCC(c2ccc(-c3ccc(-c4ccc(C(C)(C)C)cc4)cc3)cc2)(C(C)(C)C(C)(C)c2ccc(-c3ccc(-c4ccc(C(C)(c5ccncc5)C(C)(C)C)cc4)cc3)cc2)CC1. The van der Waals surface area contributed by atoms with Crippen LogP contribution < -0.4 is 0 Å². The summed E-state index contributed by atoms with van der Waals surface area (Å²) in [5.74, 6) is 0. The fraction of sp³-hybridized carbons (Fsp3) is 0.349. The highest BCUT2D eigenvalue weighted by Crippen LogP contribution is 2.58. The van der Waals surface area contributed by atoms with Crippen molar-refractivity contribution in [2.45, 2.75) is 111 Å². The van der Waals surface area contributed by atoms with Crippen molar-refractivity contribution in [3.63, 3.8) is 0 Å². The summed E-state index contributed by atoms with van der Waals surface area (Å²) in [4.78, 5) is 6.80. The van der Waals surface area contributed by atoms with Gasteiger partial charge < -0.3 is 4.90 Å². The first-order valence-corrected chi connectivity index (χ1v) is 24.0. The Labute approximate surface area is 392 Å². The lowest BCUT2D eigenvalue weighted by Gasteiger charge is -2.58. The molecule has 0 saturated carbocycles. The summed E-state index contributed by atoms with van der Waals surface area (Å²) in [7, 11) is 2.28. The van der Waals surface area contributed by atoms with Gasteiger partial charge in [-0.3, -0.25) is 4.98 Å². The molecule has 2 nitrogen and oxygen atoms in total. The van der Waals surface area contributed by atoms with Gasteiger partial charge in [0.15, 0.2) is 0 Å². The molecule has 1 aliphatic rings. The molecule has 1 aliphatic heterocycles. The van der Waals surface area contributed by atoms with E-state index in [4.69, 9.17) is 0 Å². The second-order valence-corrected chi connectivity index (χ2v) is 22.5. The quantitative estimate of drug-likeness (QED) is 0.136. The van der Waals surface area contributed by atoms with E-state index in [1.807, 2.05) is 12.4 Å². The monoisotopic (exact) mass is 857 g/mol. The molecule has 0 aliphatic carbocycles. The predicted molar refractivity (Wildman–Crippen MR) is 279 cm³/mol. The topological polar surface area (TPSA) is 16.1 Å². The Morgan fingerprint density at radius 3 is 1.05 bits per heavy atom. The standard InChI is InChI=1S/C63H72N2/c1-58(2,3)53-29-21-49(22-30-53)45-13-19-48(20-14-45)52-27-35-57(36-28-52)63(39-43-65(12)44-40-63)61(9,10)60(7,8)54-31-23-50(24-32-54)46-15-17-47(18-16-46)51-25-33-55(34-26-51)62(11,59(4,5)6)56-37-41-64-42-38-56/h13-38,41-42H,39-40,43-44H2,1-12H3. The zero-order valence-corrected chi connectivity index (χ0v) is 41.4. The molecule has 2 heteroatoms. The second-order valence-electron chi connectivity index (χ2n) is 22.5. The molecule has 2 heterocycles. The van der Waals surface area contributed by atoms with Crippen molar-refractivity contribution >= 4 is 0 Å². The zero-order chi connectivity index (χ0) is 46.4. The van der Waals surface area contributed by atoms with Crippen molar-refractivity contribution in [3.05, 3.63) is 198 Å². The molecular weight excluding hydrogens is 785 g/mol. The van der Waals surface area contributed by atoms with Crippen LogP contribution in [0.2, 0.25) is 0 Å². The second kappa shape index (κ2) is 17.3. The highest BCUT2D eigenvalue weighted by Gasteiger charge is 2.55. The highest BCUT2D eigenvalue weighted by molar-refractivity contribution is 5.72. The molecule has 7 aromatic rings. The van der Waals surface area contributed by atoms with Gasteiger partial charge in [-0.15, -0.1) is 0 Å². The molecular formula is C63H72N2. The van der Waals surface area contributed by atoms with Crippen molar-refractivity contribution in [1.29, 1.82) is 0 Å². The molecule has 0 bridgehead atoms. The minimum atomic E-state index is -0.150. The van der Waals surface area contributed by atoms with Crippen LogP contribution in [-0.4, -0.2) is 30.0 Å². The fourth-order valence-electron chi connectivity index (χ4n) is 10.9. The smallest absolute Gasteiger partial charge is 0.0270 e. The lowest BCUT2D eigenvalue weighted by Crippen LogP contribution is -2.56. The van der Waals surface area contributed by atoms with E-state index in [0.717, 1.165) is 25.9 Å². The molecule has 0 N–H and O–H groups in total. The van der Waals surface area contributed by atoms with Gasteiger partial charge in [0, 0.05) is 23.2 Å². The highest BCUT2D eigenvalue weighted by atomic mass is 15.1. The average molecular weight is 857 g/mol. The summed E-state index contributed by atoms with van der Waals surface area (Å²) in [5.41, 5.74) is 16.7. The lowest BCUT2D eigenvalue weighted by atomic mass is 9.47. The third-order valence-corrected chi connectivity index (χ3v) is 16.7. The van der Waals surface area contributed by atoms with Gasteiger partial charge in [0.05, 0.1) is 0 Å². The van der Waals surface area contributed by atoms with Crippen molar-refractivity contribution in [2.75, 3.05) is 20.1 Å². The predicted octanol–water partition coefficient (Wildman–Crippen LogP) is 16.4. The van der Waals surface area contributed by atoms with Gasteiger partial charge in [0.25, 0.3) is 0 Å². The molecule has 0 spiro atoms. The van der Waals surface area contributed by atoms with Crippen LogP contribution in [0.1, 0.15) is 117 Å². The van der Waals surface area contributed by atoms with Gasteiger partial charge in [-0.1, -0.05) is 222 Å². The number of nitrogens with zero attached hydrogens (tertiary/aromatic N) is 2. The maximum atomic E-state index is 4.29. The number of benzene rings is 6. The van der Waals surface area contributed by atoms with Crippen LogP contribution in [0.5, 0.6) is 0 Å². The Hall–Kier alpha value is -5.57.